The van der Waals surface area contributed by atoms with Crippen molar-refractivity contribution in [3.63, 3.8) is 0 Å². The lowest BCUT2D eigenvalue weighted by atomic mass is 9.70. The van der Waals surface area contributed by atoms with E-state index in [-0.39, 0.29) is 5.60 Å². The molecule has 0 radical (unpaired) electrons. The third-order valence-electron chi connectivity index (χ3n) is 4.07. The van der Waals surface area contributed by atoms with E-state index >= 15 is 0 Å². The fraction of sp³-hybridized carbons (Fsp3) is 0.714. The molecule has 18 heavy (non-hydrogen) atoms. The van der Waals surface area contributed by atoms with Crippen molar-refractivity contribution in [3.8, 4) is 0 Å². The highest BCUT2D eigenvalue weighted by atomic mass is 35.5. The van der Waals surface area contributed by atoms with Gasteiger partial charge in [0.2, 0.25) is 0 Å². The Kier molecular flexibility index (Phi) is 3.93. The molecule has 1 heterocycles. The summed E-state index contributed by atoms with van der Waals surface area (Å²) in [7, 11) is 1.76. The average Bonchev–Trinajstić information content (AvgIpc) is 2.40. The Labute approximate surface area is 114 Å². The first-order chi connectivity index (χ1) is 8.51. The maximum Gasteiger partial charge on any atom is 0.160 e. The van der Waals surface area contributed by atoms with Gasteiger partial charge in [-0.3, -0.25) is 0 Å². The molecule has 0 aliphatic heterocycles. The van der Waals surface area contributed by atoms with Gasteiger partial charge in [-0.15, -0.1) is 11.6 Å². The number of hydrogen-bond acceptors (Lipinski definition) is 3. The number of methoxy groups -OCH3 is 1. The first-order valence-corrected chi connectivity index (χ1v) is 6.97. The zero-order valence-electron chi connectivity index (χ0n) is 11.4. The Morgan fingerprint density at radius 3 is 2.17 bits per heavy atom. The molecule has 0 saturated heterocycles. The number of nitrogens with zero attached hydrogens (tertiary/aromatic N) is 2. The van der Waals surface area contributed by atoms with Crippen molar-refractivity contribution in [2.75, 3.05) is 7.11 Å². The summed E-state index contributed by atoms with van der Waals surface area (Å²) in [4.78, 5) is 8.89. The van der Waals surface area contributed by atoms with E-state index < -0.39 is 0 Å². The minimum Gasteiger partial charge on any atom is -0.370 e. The van der Waals surface area contributed by atoms with Crippen molar-refractivity contribution >= 4 is 11.6 Å². The van der Waals surface area contributed by atoms with Gasteiger partial charge in [-0.25, -0.2) is 9.97 Å². The van der Waals surface area contributed by atoms with Crippen LogP contribution in [0.2, 0.25) is 0 Å². The van der Waals surface area contributed by atoms with Crippen molar-refractivity contribution < 1.29 is 4.74 Å². The van der Waals surface area contributed by atoms with Crippen LogP contribution in [0.1, 0.15) is 50.9 Å². The highest BCUT2D eigenvalue weighted by Gasteiger charge is 2.41. The van der Waals surface area contributed by atoms with E-state index in [0.717, 1.165) is 37.1 Å². The SMILES string of the molecule is COC1(c2ncc(CCl)cn2)CCC(C)(C)CC1. The third-order valence-corrected chi connectivity index (χ3v) is 4.38. The van der Waals surface area contributed by atoms with Crippen molar-refractivity contribution in [2.24, 2.45) is 5.41 Å². The second-order valence-electron chi connectivity index (χ2n) is 5.91. The molecule has 0 amide bonds. The predicted molar refractivity (Wildman–Crippen MR) is 72.5 cm³/mol. The van der Waals surface area contributed by atoms with Gasteiger partial charge < -0.3 is 4.74 Å². The van der Waals surface area contributed by atoms with Crippen LogP contribution in [-0.4, -0.2) is 17.1 Å². The van der Waals surface area contributed by atoms with E-state index in [9.17, 15) is 0 Å². The fourth-order valence-electron chi connectivity index (χ4n) is 2.51. The van der Waals surface area contributed by atoms with Crippen LogP contribution >= 0.6 is 11.6 Å². The fourth-order valence-corrected chi connectivity index (χ4v) is 2.65. The van der Waals surface area contributed by atoms with E-state index in [1.807, 2.05) is 0 Å². The molecule has 1 aromatic heterocycles. The van der Waals surface area contributed by atoms with Crippen molar-refractivity contribution in [2.45, 2.75) is 51.0 Å². The molecule has 0 atom stereocenters. The van der Waals surface area contributed by atoms with Gasteiger partial charge in [0.05, 0.1) is 5.88 Å². The largest absolute Gasteiger partial charge is 0.370 e. The van der Waals surface area contributed by atoms with E-state index in [0.29, 0.717) is 11.3 Å². The normalized spacial score (nSPS) is 21.8. The van der Waals surface area contributed by atoms with Gasteiger partial charge in [0.25, 0.3) is 0 Å². The highest BCUT2D eigenvalue weighted by molar-refractivity contribution is 6.17. The predicted octanol–water partition coefficient (Wildman–Crippen LogP) is 3.66. The Morgan fingerprint density at radius 2 is 1.72 bits per heavy atom. The third kappa shape index (κ3) is 2.67. The maximum atomic E-state index is 5.77. The molecule has 0 unspecified atom stereocenters. The smallest absolute Gasteiger partial charge is 0.160 e. The molecular formula is C14H21ClN2O. The molecule has 1 aliphatic rings. The average molecular weight is 269 g/mol. The van der Waals surface area contributed by atoms with Gasteiger partial charge in [0.15, 0.2) is 5.82 Å². The second kappa shape index (κ2) is 5.14. The molecule has 1 aromatic rings. The standard InChI is InChI=1S/C14H21ClN2O/c1-13(2)4-6-14(18-3,7-5-13)12-16-9-11(8-15)10-17-12/h9-10H,4-8H2,1-3H3. The number of alkyl halides is 1. The maximum absolute atomic E-state index is 5.77. The van der Waals surface area contributed by atoms with E-state index in [1.165, 1.54) is 0 Å². The summed E-state index contributed by atoms with van der Waals surface area (Å²) in [6.07, 6.45) is 7.85. The first kappa shape index (κ1) is 13.8. The van der Waals surface area contributed by atoms with Crippen LogP contribution in [0, 0.1) is 5.41 Å². The summed E-state index contributed by atoms with van der Waals surface area (Å²) >= 11 is 5.76. The molecule has 3 nitrogen and oxygen atoms in total. The zero-order chi connectivity index (χ0) is 13.2. The molecule has 0 bridgehead atoms. The molecule has 4 heteroatoms. The van der Waals surface area contributed by atoms with Gasteiger partial charge in [-0.1, -0.05) is 13.8 Å². The number of rotatable bonds is 3. The monoisotopic (exact) mass is 268 g/mol. The van der Waals surface area contributed by atoms with Crippen LogP contribution in [0.15, 0.2) is 12.4 Å². The van der Waals surface area contributed by atoms with Crippen LogP contribution in [-0.2, 0) is 16.2 Å². The van der Waals surface area contributed by atoms with Gasteiger partial charge in [0.1, 0.15) is 5.60 Å². The van der Waals surface area contributed by atoms with Gasteiger partial charge in [-0.2, -0.15) is 0 Å². The molecule has 0 spiro atoms. The molecular weight excluding hydrogens is 248 g/mol. The van der Waals surface area contributed by atoms with Crippen LogP contribution in [0.4, 0.5) is 0 Å². The molecule has 100 valence electrons. The number of halogens is 1. The van der Waals surface area contributed by atoms with Crippen LogP contribution in [0.5, 0.6) is 0 Å². The number of ether oxygens (including phenoxy) is 1. The molecule has 1 aliphatic carbocycles. The van der Waals surface area contributed by atoms with Crippen molar-refractivity contribution in [3.05, 3.63) is 23.8 Å². The van der Waals surface area contributed by atoms with Crippen LogP contribution < -0.4 is 0 Å². The van der Waals surface area contributed by atoms with Crippen molar-refractivity contribution in [1.82, 2.24) is 9.97 Å². The summed E-state index contributed by atoms with van der Waals surface area (Å²) in [5.41, 5.74) is 1.04. The summed E-state index contributed by atoms with van der Waals surface area (Å²) < 4.78 is 5.77. The second-order valence-corrected chi connectivity index (χ2v) is 6.18. The topological polar surface area (TPSA) is 35.0 Å². The molecule has 1 saturated carbocycles. The highest BCUT2D eigenvalue weighted by Crippen LogP contribution is 2.45. The quantitative estimate of drug-likeness (QED) is 0.785. The van der Waals surface area contributed by atoms with E-state index in [4.69, 9.17) is 16.3 Å². The van der Waals surface area contributed by atoms with Gasteiger partial charge in [0, 0.05) is 25.1 Å². The van der Waals surface area contributed by atoms with Crippen LogP contribution in [0.25, 0.3) is 0 Å². The molecule has 2 rings (SSSR count). The Bertz CT molecular complexity index is 393. The first-order valence-electron chi connectivity index (χ1n) is 6.44. The minimum atomic E-state index is -0.305. The lowest BCUT2D eigenvalue weighted by Gasteiger charge is -2.41. The molecule has 0 aromatic carbocycles. The van der Waals surface area contributed by atoms with E-state index in [2.05, 4.69) is 23.8 Å². The Balaban J connectivity index is 2.22. The van der Waals surface area contributed by atoms with Gasteiger partial charge in [-0.05, 0) is 31.1 Å². The number of aromatic nitrogens is 2. The van der Waals surface area contributed by atoms with E-state index in [1.54, 1.807) is 19.5 Å². The molecule has 0 N–H and O–H groups in total. The van der Waals surface area contributed by atoms with Gasteiger partial charge >= 0.3 is 0 Å². The Morgan fingerprint density at radius 1 is 1.17 bits per heavy atom. The van der Waals surface area contributed by atoms with Crippen LogP contribution in [0.3, 0.4) is 0 Å². The number of hydrogen-bond donors (Lipinski definition) is 0. The lowest BCUT2D eigenvalue weighted by molar-refractivity contribution is -0.0729. The summed E-state index contributed by atoms with van der Waals surface area (Å²) in [5, 5.41) is 0. The zero-order valence-corrected chi connectivity index (χ0v) is 12.1. The minimum absolute atomic E-state index is 0.305. The lowest BCUT2D eigenvalue weighted by Crippen LogP contribution is -2.38. The summed E-state index contributed by atoms with van der Waals surface area (Å²) in [6, 6.07) is 0. The van der Waals surface area contributed by atoms with Crippen molar-refractivity contribution in [1.29, 1.82) is 0 Å². The summed E-state index contributed by atoms with van der Waals surface area (Å²) in [6.45, 7) is 4.62. The Hall–Kier alpha value is -0.670. The molecule has 1 fully saturated rings. The summed E-state index contributed by atoms with van der Waals surface area (Å²) in [5.74, 6) is 1.25.